The summed E-state index contributed by atoms with van der Waals surface area (Å²) in [6.45, 7) is 2.34. The van der Waals surface area contributed by atoms with Crippen LogP contribution in [0.4, 0.5) is 5.69 Å². The number of nitrogens with two attached hydrogens (primary N) is 1. The van der Waals surface area contributed by atoms with Gasteiger partial charge < -0.3 is 5.73 Å². The highest BCUT2D eigenvalue weighted by molar-refractivity contribution is 5.75. The first-order chi connectivity index (χ1) is 9.24. The molecule has 0 radical (unpaired) electrons. The Labute approximate surface area is 114 Å². The van der Waals surface area contributed by atoms with Gasteiger partial charge in [-0.3, -0.25) is 4.68 Å². The van der Waals surface area contributed by atoms with Gasteiger partial charge in [0.05, 0.1) is 12.2 Å². The van der Waals surface area contributed by atoms with Gasteiger partial charge >= 0.3 is 0 Å². The van der Waals surface area contributed by atoms with Gasteiger partial charge in [-0.25, -0.2) is 0 Å². The maximum absolute atomic E-state index is 6.02. The Bertz CT molecular complexity index is 551. The zero-order chi connectivity index (χ0) is 13.2. The zero-order valence-electron chi connectivity index (χ0n) is 11.4. The smallest absolute Gasteiger partial charge is 0.0569 e. The molecule has 0 unspecified atom stereocenters. The third kappa shape index (κ3) is 2.50. The fourth-order valence-corrected chi connectivity index (χ4v) is 2.94. The van der Waals surface area contributed by atoms with Gasteiger partial charge in [-0.05, 0) is 37.7 Å². The number of aromatic nitrogens is 2. The molecular formula is C16H21N3. The van der Waals surface area contributed by atoms with E-state index in [9.17, 15) is 0 Å². The van der Waals surface area contributed by atoms with Crippen LogP contribution in [0.5, 0.6) is 0 Å². The maximum atomic E-state index is 6.02. The maximum Gasteiger partial charge on any atom is 0.0569 e. The molecule has 0 spiro atoms. The van der Waals surface area contributed by atoms with Gasteiger partial charge in [-0.2, -0.15) is 5.10 Å². The second-order valence-corrected chi connectivity index (χ2v) is 5.71. The Morgan fingerprint density at radius 2 is 1.89 bits per heavy atom. The van der Waals surface area contributed by atoms with Crippen LogP contribution < -0.4 is 5.73 Å². The average Bonchev–Trinajstić information content (AvgIpc) is 2.89. The number of hydrogen-bond acceptors (Lipinski definition) is 2. The van der Waals surface area contributed by atoms with Crippen LogP contribution in [0.25, 0.3) is 11.1 Å². The molecule has 3 heteroatoms. The van der Waals surface area contributed by atoms with Crippen LogP contribution >= 0.6 is 0 Å². The molecule has 0 atom stereocenters. The zero-order valence-corrected chi connectivity index (χ0v) is 11.4. The van der Waals surface area contributed by atoms with E-state index in [-0.39, 0.29) is 0 Å². The molecule has 1 heterocycles. The van der Waals surface area contributed by atoms with Crippen LogP contribution in [0.15, 0.2) is 36.7 Å². The van der Waals surface area contributed by atoms with E-state index >= 15 is 0 Å². The first-order valence-corrected chi connectivity index (χ1v) is 7.13. The van der Waals surface area contributed by atoms with Crippen molar-refractivity contribution >= 4 is 5.69 Å². The molecule has 1 aliphatic rings. The van der Waals surface area contributed by atoms with E-state index in [0.717, 1.165) is 22.7 Å². The highest BCUT2D eigenvalue weighted by Crippen LogP contribution is 2.33. The van der Waals surface area contributed by atoms with E-state index in [0.29, 0.717) is 6.04 Å². The van der Waals surface area contributed by atoms with Crippen molar-refractivity contribution in [2.75, 3.05) is 5.73 Å². The summed E-state index contributed by atoms with van der Waals surface area (Å²) < 4.78 is 2.13. The number of rotatable bonds is 2. The Balaban J connectivity index is 1.82. The van der Waals surface area contributed by atoms with Gasteiger partial charge in [0.15, 0.2) is 0 Å². The summed E-state index contributed by atoms with van der Waals surface area (Å²) in [5.41, 5.74) is 9.04. The quantitative estimate of drug-likeness (QED) is 0.827. The minimum atomic E-state index is 0.565. The Hall–Kier alpha value is -1.77. The van der Waals surface area contributed by atoms with E-state index in [1.807, 2.05) is 24.4 Å². The second kappa shape index (κ2) is 5.08. The van der Waals surface area contributed by atoms with Crippen molar-refractivity contribution in [3.05, 3.63) is 36.7 Å². The third-order valence-corrected chi connectivity index (χ3v) is 4.23. The molecule has 3 nitrogen and oxygen atoms in total. The van der Waals surface area contributed by atoms with Crippen molar-refractivity contribution in [2.24, 2.45) is 5.92 Å². The molecule has 1 aromatic heterocycles. The van der Waals surface area contributed by atoms with Gasteiger partial charge in [0, 0.05) is 23.0 Å². The van der Waals surface area contributed by atoms with Crippen molar-refractivity contribution < 1.29 is 0 Å². The highest BCUT2D eigenvalue weighted by atomic mass is 15.3. The summed E-state index contributed by atoms with van der Waals surface area (Å²) in [5, 5.41) is 4.54. The average molecular weight is 255 g/mol. The molecular weight excluding hydrogens is 234 g/mol. The number of hydrogen-bond donors (Lipinski definition) is 1. The predicted octanol–water partition coefficient (Wildman–Crippen LogP) is 3.88. The fraction of sp³-hybridized carbons (Fsp3) is 0.438. The van der Waals surface area contributed by atoms with Crippen molar-refractivity contribution in [3.63, 3.8) is 0 Å². The molecule has 0 saturated heterocycles. The lowest BCUT2D eigenvalue weighted by molar-refractivity contribution is 0.274. The van der Waals surface area contributed by atoms with Crippen molar-refractivity contribution in [1.82, 2.24) is 9.78 Å². The van der Waals surface area contributed by atoms with Crippen molar-refractivity contribution in [3.8, 4) is 11.1 Å². The molecule has 100 valence electrons. The van der Waals surface area contributed by atoms with Crippen LogP contribution in [-0.2, 0) is 0 Å². The molecule has 1 aromatic carbocycles. The molecule has 0 aliphatic heterocycles. The van der Waals surface area contributed by atoms with E-state index in [2.05, 4.69) is 29.0 Å². The van der Waals surface area contributed by atoms with Gasteiger partial charge in [0.25, 0.3) is 0 Å². The first kappa shape index (κ1) is 12.3. The first-order valence-electron chi connectivity index (χ1n) is 7.13. The molecule has 2 N–H and O–H groups in total. The second-order valence-electron chi connectivity index (χ2n) is 5.71. The Morgan fingerprint density at radius 1 is 1.16 bits per heavy atom. The molecule has 1 aliphatic carbocycles. The van der Waals surface area contributed by atoms with Crippen LogP contribution in [0, 0.1) is 5.92 Å². The van der Waals surface area contributed by atoms with Crippen molar-refractivity contribution in [1.29, 1.82) is 0 Å². The Kier molecular flexibility index (Phi) is 3.28. The SMILES string of the molecule is CC1CCC(n2cc(-c3ccccc3N)cn2)CC1. The third-order valence-electron chi connectivity index (χ3n) is 4.23. The predicted molar refractivity (Wildman–Crippen MR) is 78.7 cm³/mol. The molecule has 0 amide bonds. The lowest BCUT2D eigenvalue weighted by Crippen LogP contribution is -2.16. The summed E-state index contributed by atoms with van der Waals surface area (Å²) in [4.78, 5) is 0. The van der Waals surface area contributed by atoms with Crippen LogP contribution in [0.3, 0.4) is 0 Å². The molecule has 19 heavy (non-hydrogen) atoms. The minimum absolute atomic E-state index is 0.565. The van der Waals surface area contributed by atoms with Crippen LogP contribution in [-0.4, -0.2) is 9.78 Å². The lowest BCUT2D eigenvalue weighted by Gasteiger charge is -2.26. The lowest BCUT2D eigenvalue weighted by atomic mass is 9.87. The van der Waals surface area contributed by atoms with Crippen LogP contribution in [0.1, 0.15) is 38.6 Å². The summed E-state index contributed by atoms with van der Waals surface area (Å²) in [6.07, 6.45) is 9.19. The van der Waals surface area contributed by atoms with Gasteiger partial charge in [-0.1, -0.05) is 25.1 Å². The van der Waals surface area contributed by atoms with E-state index < -0.39 is 0 Å². The number of nitrogen functional groups attached to an aromatic ring is 1. The standard InChI is InChI=1S/C16H21N3/c1-12-6-8-14(9-7-12)19-11-13(10-18-19)15-4-2-3-5-16(15)17/h2-5,10-12,14H,6-9,17H2,1H3. The monoisotopic (exact) mass is 255 g/mol. The molecule has 1 saturated carbocycles. The molecule has 0 bridgehead atoms. The summed E-state index contributed by atoms with van der Waals surface area (Å²) >= 11 is 0. The Morgan fingerprint density at radius 3 is 2.63 bits per heavy atom. The summed E-state index contributed by atoms with van der Waals surface area (Å²) in [5.74, 6) is 0.871. The highest BCUT2D eigenvalue weighted by Gasteiger charge is 2.20. The van der Waals surface area contributed by atoms with Gasteiger partial charge in [0.2, 0.25) is 0 Å². The van der Waals surface area contributed by atoms with E-state index in [1.54, 1.807) is 0 Å². The minimum Gasteiger partial charge on any atom is -0.398 e. The van der Waals surface area contributed by atoms with E-state index in [4.69, 9.17) is 5.73 Å². The van der Waals surface area contributed by atoms with Crippen molar-refractivity contribution in [2.45, 2.75) is 38.6 Å². The number of nitrogens with zero attached hydrogens (tertiary/aromatic N) is 2. The number of benzene rings is 1. The van der Waals surface area contributed by atoms with E-state index in [1.165, 1.54) is 25.7 Å². The largest absolute Gasteiger partial charge is 0.398 e. The summed E-state index contributed by atoms with van der Waals surface area (Å²) in [6, 6.07) is 8.54. The fourth-order valence-electron chi connectivity index (χ4n) is 2.94. The van der Waals surface area contributed by atoms with Gasteiger partial charge in [-0.15, -0.1) is 0 Å². The normalized spacial score (nSPS) is 23.4. The van der Waals surface area contributed by atoms with Gasteiger partial charge in [0.1, 0.15) is 0 Å². The molecule has 2 aromatic rings. The number of para-hydroxylation sites is 1. The molecule has 1 fully saturated rings. The summed E-state index contributed by atoms with van der Waals surface area (Å²) in [7, 11) is 0. The number of anilines is 1. The van der Waals surface area contributed by atoms with Crippen LogP contribution in [0.2, 0.25) is 0 Å². The molecule has 3 rings (SSSR count). The topological polar surface area (TPSA) is 43.8 Å².